The second-order valence-corrected chi connectivity index (χ2v) is 6.64. The molecule has 0 radical (unpaired) electrons. The van der Waals surface area contributed by atoms with Crippen LogP contribution in [0.3, 0.4) is 0 Å². The van der Waals surface area contributed by atoms with Crippen molar-refractivity contribution in [1.82, 2.24) is 10.3 Å². The largest absolute Gasteiger partial charge is 0.399 e. The predicted molar refractivity (Wildman–Crippen MR) is 87.0 cm³/mol. The average molecular weight is 289 g/mol. The van der Waals surface area contributed by atoms with Gasteiger partial charge in [-0.3, -0.25) is 0 Å². The zero-order valence-corrected chi connectivity index (χ0v) is 13.2. The lowest BCUT2D eigenvalue weighted by Crippen LogP contribution is -2.35. The fourth-order valence-corrected chi connectivity index (χ4v) is 3.02. The third kappa shape index (κ3) is 3.58. The number of thiazole rings is 1. The van der Waals surface area contributed by atoms with Gasteiger partial charge in [-0.25, -0.2) is 4.98 Å². The standard InChI is InChI=1S/C16H23N3S/c1-4-14(15-18-9-10-20-15)19-11-16(2,3)12-5-7-13(17)8-6-12/h5-10,14,19H,4,11,17H2,1-3H3. The molecule has 0 spiro atoms. The minimum absolute atomic E-state index is 0.0678. The Kier molecular flexibility index (Phi) is 4.78. The highest BCUT2D eigenvalue weighted by molar-refractivity contribution is 7.09. The SMILES string of the molecule is CCC(NCC(C)(C)c1ccc(N)cc1)c1nccs1. The van der Waals surface area contributed by atoms with Crippen LogP contribution in [0.15, 0.2) is 35.8 Å². The van der Waals surface area contributed by atoms with Crippen LogP contribution >= 0.6 is 11.3 Å². The summed E-state index contributed by atoms with van der Waals surface area (Å²) in [6.45, 7) is 7.60. The molecule has 1 heterocycles. The summed E-state index contributed by atoms with van der Waals surface area (Å²) in [5.41, 5.74) is 7.93. The molecule has 0 saturated carbocycles. The number of nitrogen functional groups attached to an aromatic ring is 1. The zero-order valence-electron chi connectivity index (χ0n) is 12.4. The molecule has 0 aliphatic carbocycles. The number of nitrogens with one attached hydrogen (secondary N) is 1. The third-order valence-electron chi connectivity index (χ3n) is 3.64. The minimum atomic E-state index is 0.0678. The number of rotatable bonds is 6. The predicted octanol–water partition coefficient (Wildman–Crippen LogP) is 3.74. The summed E-state index contributed by atoms with van der Waals surface area (Å²) in [5.74, 6) is 0. The summed E-state index contributed by atoms with van der Waals surface area (Å²) in [7, 11) is 0. The molecule has 1 atom stereocenters. The Bertz CT molecular complexity index is 517. The van der Waals surface area contributed by atoms with Gasteiger partial charge >= 0.3 is 0 Å². The Morgan fingerprint density at radius 3 is 2.55 bits per heavy atom. The number of aromatic nitrogens is 1. The maximum absolute atomic E-state index is 5.76. The van der Waals surface area contributed by atoms with E-state index in [-0.39, 0.29) is 5.41 Å². The van der Waals surface area contributed by atoms with Crippen molar-refractivity contribution in [2.24, 2.45) is 0 Å². The molecule has 2 aromatic rings. The van der Waals surface area contributed by atoms with Crippen LogP contribution in [0.1, 0.15) is 43.8 Å². The van der Waals surface area contributed by atoms with Crippen molar-refractivity contribution >= 4 is 17.0 Å². The fourth-order valence-electron chi connectivity index (χ4n) is 2.23. The van der Waals surface area contributed by atoms with E-state index in [9.17, 15) is 0 Å². The molecule has 0 aliphatic heterocycles. The van der Waals surface area contributed by atoms with Crippen LogP contribution in [0.5, 0.6) is 0 Å². The van der Waals surface area contributed by atoms with Gasteiger partial charge in [0.2, 0.25) is 0 Å². The first-order valence-electron chi connectivity index (χ1n) is 7.01. The van der Waals surface area contributed by atoms with E-state index in [1.54, 1.807) is 11.3 Å². The van der Waals surface area contributed by atoms with E-state index >= 15 is 0 Å². The number of hydrogen-bond donors (Lipinski definition) is 2. The molecule has 20 heavy (non-hydrogen) atoms. The Labute approximate surface area is 125 Å². The second-order valence-electron chi connectivity index (χ2n) is 5.72. The summed E-state index contributed by atoms with van der Waals surface area (Å²) in [6, 6.07) is 8.50. The number of nitrogens with zero attached hydrogens (tertiary/aromatic N) is 1. The number of nitrogens with two attached hydrogens (primary N) is 1. The normalized spacial score (nSPS) is 13.3. The van der Waals surface area contributed by atoms with Crippen LogP contribution in [0, 0.1) is 0 Å². The van der Waals surface area contributed by atoms with Crippen LogP contribution in [0.2, 0.25) is 0 Å². The van der Waals surface area contributed by atoms with E-state index in [1.807, 2.05) is 23.7 Å². The summed E-state index contributed by atoms with van der Waals surface area (Å²) in [4.78, 5) is 4.41. The van der Waals surface area contributed by atoms with Crippen LogP contribution in [0.4, 0.5) is 5.69 Å². The molecule has 1 aromatic carbocycles. The molecule has 0 aliphatic rings. The van der Waals surface area contributed by atoms with Gasteiger partial charge in [-0.15, -0.1) is 11.3 Å². The second kappa shape index (κ2) is 6.37. The van der Waals surface area contributed by atoms with Crippen molar-refractivity contribution in [3.8, 4) is 0 Å². The maximum atomic E-state index is 5.76. The first-order valence-corrected chi connectivity index (χ1v) is 7.89. The van der Waals surface area contributed by atoms with Crippen molar-refractivity contribution in [3.63, 3.8) is 0 Å². The highest BCUT2D eigenvalue weighted by Crippen LogP contribution is 2.25. The van der Waals surface area contributed by atoms with Gasteiger partial charge in [-0.05, 0) is 24.1 Å². The van der Waals surface area contributed by atoms with Gasteiger partial charge in [0.1, 0.15) is 5.01 Å². The van der Waals surface area contributed by atoms with E-state index < -0.39 is 0 Å². The molecule has 3 N–H and O–H groups in total. The smallest absolute Gasteiger partial charge is 0.109 e. The van der Waals surface area contributed by atoms with E-state index in [1.165, 1.54) is 10.6 Å². The van der Waals surface area contributed by atoms with Crippen molar-refractivity contribution in [2.45, 2.75) is 38.6 Å². The summed E-state index contributed by atoms with van der Waals surface area (Å²) in [5, 5.41) is 6.84. The third-order valence-corrected chi connectivity index (χ3v) is 4.53. The summed E-state index contributed by atoms with van der Waals surface area (Å²) in [6.07, 6.45) is 2.92. The molecule has 1 unspecified atom stereocenters. The average Bonchev–Trinajstić information content (AvgIpc) is 2.94. The Morgan fingerprint density at radius 1 is 1.30 bits per heavy atom. The van der Waals surface area contributed by atoms with Gasteiger partial charge in [0, 0.05) is 29.2 Å². The summed E-state index contributed by atoms with van der Waals surface area (Å²) >= 11 is 1.71. The van der Waals surface area contributed by atoms with Crippen LogP contribution < -0.4 is 11.1 Å². The van der Waals surface area contributed by atoms with Crippen molar-refractivity contribution < 1.29 is 0 Å². The van der Waals surface area contributed by atoms with Crippen molar-refractivity contribution in [2.75, 3.05) is 12.3 Å². The van der Waals surface area contributed by atoms with Crippen LogP contribution in [-0.4, -0.2) is 11.5 Å². The van der Waals surface area contributed by atoms with Gasteiger partial charge in [0.05, 0.1) is 6.04 Å². The maximum Gasteiger partial charge on any atom is 0.109 e. The molecular weight excluding hydrogens is 266 g/mol. The van der Waals surface area contributed by atoms with E-state index in [2.05, 4.69) is 43.2 Å². The first-order chi connectivity index (χ1) is 9.53. The highest BCUT2D eigenvalue weighted by atomic mass is 32.1. The molecule has 0 saturated heterocycles. The Morgan fingerprint density at radius 2 is 2.00 bits per heavy atom. The lowest BCUT2D eigenvalue weighted by atomic mass is 9.84. The number of benzene rings is 1. The van der Waals surface area contributed by atoms with Gasteiger partial charge in [-0.2, -0.15) is 0 Å². The van der Waals surface area contributed by atoms with Crippen LogP contribution in [-0.2, 0) is 5.41 Å². The molecule has 2 rings (SSSR count). The van der Waals surface area contributed by atoms with E-state index in [0.717, 1.165) is 18.7 Å². The fraction of sp³-hybridized carbons (Fsp3) is 0.438. The quantitative estimate of drug-likeness (QED) is 0.796. The number of anilines is 1. The van der Waals surface area contributed by atoms with Crippen LogP contribution in [0.25, 0.3) is 0 Å². The Balaban J connectivity index is 2.02. The van der Waals surface area contributed by atoms with Crippen molar-refractivity contribution in [3.05, 3.63) is 46.4 Å². The molecule has 108 valence electrons. The molecule has 0 amide bonds. The Hall–Kier alpha value is -1.39. The van der Waals surface area contributed by atoms with E-state index in [0.29, 0.717) is 6.04 Å². The topological polar surface area (TPSA) is 50.9 Å². The molecule has 3 nitrogen and oxygen atoms in total. The lowest BCUT2D eigenvalue weighted by Gasteiger charge is -2.28. The molecule has 1 aromatic heterocycles. The molecular formula is C16H23N3S. The molecule has 0 fully saturated rings. The first kappa shape index (κ1) is 15.0. The minimum Gasteiger partial charge on any atom is -0.399 e. The lowest BCUT2D eigenvalue weighted by molar-refractivity contribution is 0.415. The zero-order chi connectivity index (χ0) is 14.6. The van der Waals surface area contributed by atoms with Gasteiger partial charge in [0.25, 0.3) is 0 Å². The monoisotopic (exact) mass is 289 g/mol. The van der Waals surface area contributed by atoms with Crippen molar-refractivity contribution in [1.29, 1.82) is 0 Å². The van der Waals surface area contributed by atoms with Gasteiger partial charge in [0.15, 0.2) is 0 Å². The molecule has 0 bridgehead atoms. The van der Waals surface area contributed by atoms with Gasteiger partial charge in [-0.1, -0.05) is 32.9 Å². The number of hydrogen-bond acceptors (Lipinski definition) is 4. The van der Waals surface area contributed by atoms with E-state index in [4.69, 9.17) is 5.73 Å². The molecule has 4 heteroatoms. The highest BCUT2D eigenvalue weighted by Gasteiger charge is 2.22. The van der Waals surface area contributed by atoms with Gasteiger partial charge < -0.3 is 11.1 Å². The summed E-state index contributed by atoms with van der Waals surface area (Å²) < 4.78 is 0.